The number of fused-ring (bicyclic) bond motifs is 1. The number of nitrogens with one attached hydrogen (secondary N) is 1. The number of benzene rings is 3. The van der Waals surface area contributed by atoms with E-state index in [1.807, 2.05) is 54.6 Å². The van der Waals surface area contributed by atoms with Gasteiger partial charge in [-0.2, -0.15) is 5.10 Å². The van der Waals surface area contributed by atoms with Gasteiger partial charge in [0.15, 0.2) is 0 Å². The Labute approximate surface area is 178 Å². The normalized spacial score (nSPS) is 12.6. The Morgan fingerprint density at radius 2 is 1.61 bits per heavy atom. The van der Waals surface area contributed by atoms with E-state index in [1.165, 1.54) is 12.1 Å². The van der Waals surface area contributed by atoms with Gasteiger partial charge in [-0.05, 0) is 23.3 Å². The van der Waals surface area contributed by atoms with Crippen molar-refractivity contribution in [2.24, 2.45) is 0 Å². The van der Waals surface area contributed by atoms with E-state index < -0.39 is 0 Å². The first-order valence-electron chi connectivity index (χ1n) is 9.87. The lowest BCUT2D eigenvalue weighted by Crippen LogP contribution is -2.26. The highest BCUT2D eigenvalue weighted by Gasteiger charge is 2.28. The molecule has 1 aromatic heterocycles. The van der Waals surface area contributed by atoms with Crippen LogP contribution in [0.4, 0.5) is 11.4 Å². The van der Waals surface area contributed by atoms with Crippen molar-refractivity contribution in [1.29, 1.82) is 0 Å². The molecule has 7 heteroatoms. The second-order valence-corrected chi connectivity index (χ2v) is 7.45. The summed E-state index contributed by atoms with van der Waals surface area (Å²) in [5.74, 6) is -0.734. The van der Waals surface area contributed by atoms with E-state index in [2.05, 4.69) is 10.4 Å². The van der Waals surface area contributed by atoms with E-state index in [-0.39, 0.29) is 23.0 Å². The molecule has 0 atom stereocenters. The standard InChI is InChI=1S/C24H20N4O3/c29-20-10-21(26-18-12-25-28(15-18)19-8-2-1-3-9-19)23(22(30)11-20)24(31)27-13-16-6-4-5-7-17(16)14-27/h1-12,15,26,29-30H,13-14H2. The molecular formula is C24H20N4O3. The lowest BCUT2D eigenvalue weighted by Gasteiger charge is -2.19. The molecule has 0 aliphatic carbocycles. The molecule has 2 heterocycles. The van der Waals surface area contributed by atoms with E-state index >= 15 is 0 Å². The third kappa shape index (κ3) is 3.57. The van der Waals surface area contributed by atoms with Crippen LogP contribution in [0.25, 0.3) is 5.69 Å². The van der Waals surface area contributed by atoms with Gasteiger partial charge in [-0.15, -0.1) is 0 Å². The van der Waals surface area contributed by atoms with Crippen LogP contribution in [0, 0.1) is 0 Å². The van der Waals surface area contributed by atoms with Gasteiger partial charge in [-0.1, -0.05) is 42.5 Å². The van der Waals surface area contributed by atoms with Gasteiger partial charge in [-0.3, -0.25) is 4.79 Å². The van der Waals surface area contributed by atoms with Crippen LogP contribution in [-0.2, 0) is 13.1 Å². The number of anilines is 2. The zero-order chi connectivity index (χ0) is 21.4. The molecule has 3 aromatic carbocycles. The van der Waals surface area contributed by atoms with Gasteiger partial charge in [0.1, 0.15) is 17.1 Å². The maximum atomic E-state index is 13.3. The molecule has 0 bridgehead atoms. The van der Waals surface area contributed by atoms with Gasteiger partial charge in [-0.25, -0.2) is 4.68 Å². The van der Waals surface area contributed by atoms with Crippen molar-refractivity contribution in [3.05, 3.63) is 95.8 Å². The van der Waals surface area contributed by atoms with Gasteiger partial charge < -0.3 is 20.4 Å². The highest BCUT2D eigenvalue weighted by molar-refractivity contribution is 6.03. The van der Waals surface area contributed by atoms with Gasteiger partial charge in [0.2, 0.25) is 0 Å². The highest BCUT2D eigenvalue weighted by atomic mass is 16.3. The molecular weight excluding hydrogens is 392 g/mol. The number of amides is 1. The van der Waals surface area contributed by atoms with Crippen molar-refractivity contribution < 1.29 is 15.0 Å². The van der Waals surface area contributed by atoms with Crippen molar-refractivity contribution >= 4 is 17.3 Å². The molecule has 0 saturated carbocycles. The minimum absolute atomic E-state index is 0.109. The third-order valence-electron chi connectivity index (χ3n) is 5.33. The van der Waals surface area contributed by atoms with Crippen molar-refractivity contribution in [2.75, 3.05) is 5.32 Å². The summed E-state index contributed by atoms with van der Waals surface area (Å²) in [6, 6.07) is 20.1. The number of rotatable bonds is 4. The summed E-state index contributed by atoms with van der Waals surface area (Å²) in [4.78, 5) is 15.0. The van der Waals surface area contributed by atoms with Crippen LogP contribution in [0.3, 0.4) is 0 Å². The predicted octanol–water partition coefficient (Wildman–Crippen LogP) is 4.18. The van der Waals surface area contributed by atoms with Crippen molar-refractivity contribution in [3.8, 4) is 17.2 Å². The fourth-order valence-electron chi connectivity index (χ4n) is 3.83. The Morgan fingerprint density at radius 1 is 0.935 bits per heavy atom. The summed E-state index contributed by atoms with van der Waals surface area (Å²) in [5, 5.41) is 28.0. The number of phenolic OH excluding ortho intramolecular Hbond substituents is 2. The summed E-state index contributed by atoms with van der Waals surface area (Å²) in [6.07, 6.45) is 3.39. The SMILES string of the molecule is O=C(c1c(O)cc(O)cc1Nc1cnn(-c2ccccc2)c1)N1Cc2ccccc2C1. The minimum atomic E-state index is -0.313. The first-order chi connectivity index (χ1) is 15.1. The molecule has 1 aliphatic heterocycles. The molecule has 31 heavy (non-hydrogen) atoms. The van der Waals surface area contributed by atoms with E-state index in [0.29, 0.717) is 24.5 Å². The average molecular weight is 412 g/mol. The van der Waals surface area contributed by atoms with E-state index in [9.17, 15) is 15.0 Å². The monoisotopic (exact) mass is 412 g/mol. The van der Waals surface area contributed by atoms with Gasteiger partial charge in [0.25, 0.3) is 5.91 Å². The zero-order valence-corrected chi connectivity index (χ0v) is 16.6. The largest absolute Gasteiger partial charge is 0.508 e. The molecule has 1 amide bonds. The van der Waals surface area contributed by atoms with Crippen LogP contribution in [0.2, 0.25) is 0 Å². The van der Waals surface area contributed by atoms with Gasteiger partial charge in [0, 0.05) is 25.2 Å². The number of para-hydroxylation sites is 1. The minimum Gasteiger partial charge on any atom is -0.508 e. The molecule has 0 radical (unpaired) electrons. The fraction of sp³-hybridized carbons (Fsp3) is 0.0833. The smallest absolute Gasteiger partial charge is 0.260 e. The second kappa shape index (κ2) is 7.53. The number of carbonyl (C=O) groups is 1. The zero-order valence-electron chi connectivity index (χ0n) is 16.6. The molecule has 5 rings (SSSR count). The Hall–Kier alpha value is -4.26. The van der Waals surface area contributed by atoms with E-state index in [4.69, 9.17) is 0 Å². The van der Waals surface area contributed by atoms with Crippen LogP contribution < -0.4 is 5.32 Å². The molecule has 0 unspecified atom stereocenters. The Balaban J connectivity index is 1.45. The molecule has 154 valence electrons. The first-order valence-corrected chi connectivity index (χ1v) is 9.87. The van der Waals surface area contributed by atoms with Crippen molar-refractivity contribution in [1.82, 2.24) is 14.7 Å². The summed E-state index contributed by atoms with van der Waals surface area (Å²) in [7, 11) is 0. The van der Waals surface area contributed by atoms with Gasteiger partial charge in [0.05, 0.1) is 29.5 Å². The highest BCUT2D eigenvalue weighted by Crippen LogP contribution is 2.36. The maximum absolute atomic E-state index is 13.3. The van der Waals surface area contributed by atoms with Crippen molar-refractivity contribution in [2.45, 2.75) is 13.1 Å². The molecule has 0 spiro atoms. The van der Waals surface area contributed by atoms with Crippen LogP contribution in [0.5, 0.6) is 11.5 Å². The number of hydrogen-bond donors (Lipinski definition) is 3. The second-order valence-electron chi connectivity index (χ2n) is 7.45. The number of aromatic hydroxyl groups is 2. The van der Waals surface area contributed by atoms with Crippen LogP contribution >= 0.6 is 0 Å². The fourth-order valence-corrected chi connectivity index (χ4v) is 3.83. The number of carbonyl (C=O) groups excluding carboxylic acids is 1. The summed E-state index contributed by atoms with van der Waals surface area (Å²) in [5.41, 5.74) is 4.11. The predicted molar refractivity (Wildman–Crippen MR) is 117 cm³/mol. The van der Waals surface area contributed by atoms with E-state index in [0.717, 1.165) is 16.8 Å². The average Bonchev–Trinajstić information content (AvgIpc) is 3.41. The van der Waals surface area contributed by atoms with Crippen LogP contribution in [0.1, 0.15) is 21.5 Å². The quantitative estimate of drug-likeness (QED) is 0.468. The summed E-state index contributed by atoms with van der Waals surface area (Å²) in [6.45, 7) is 0.946. The number of phenols is 2. The topological polar surface area (TPSA) is 90.6 Å². The number of nitrogens with zero attached hydrogens (tertiary/aromatic N) is 3. The van der Waals surface area contributed by atoms with Crippen molar-refractivity contribution in [3.63, 3.8) is 0 Å². The molecule has 3 N–H and O–H groups in total. The molecule has 0 fully saturated rings. The Kier molecular flexibility index (Phi) is 4.55. The number of aromatic nitrogens is 2. The molecule has 4 aromatic rings. The maximum Gasteiger partial charge on any atom is 0.260 e. The van der Waals surface area contributed by atoms with E-state index in [1.54, 1.807) is 22.0 Å². The van der Waals surface area contributed by atoms with Crippen LogP contribution in [0.15, 0.2) is 79.1 Å². The lowest BCUT2D eigenvalue weighted by atomic mass is 10.1. The molecule has 1 aliphatic rings. The lowest BCUT2D eigenvalue weighted by molar-refractivity contribution is 0.0749. The molecule has 7 nitrogen and oxygen atoms in total. The van der Waals surface area contributed by atoms with Gasteiger partial charge >= 0.3 is 0 Å². The third-order valence-corrected chi connectivity index (χ3v) is 5.33. The number of hydrogen-bond acceptors (Lipinski definition) is 5. The first kappa shape index (κ1) is 18.7. The Morgan fingerprint density at radius 3 is 2.32 bits per heavy atom. The summed E-state index contributed by atoms with van der Waals surface area (Å²) < 4.78 is 1.70. The summed E-state index contributed by atoms with van der Waals surface area (Å²) >= 11 is 0. The molecule has 0 saturated heterocycles. The Bertz CT molecular complexity index is 1240. The van der Waals surface area contributed by atoms with Crippen LogP contribution in [-0.4, -0.2) is 30.8 Å².